The molecule has 0 bridgehead atoms. The van der Waals surface area contributed by atoms with Crippen LogP contribution in [0.15, 0.2) is 23.1 Å². The van der Waals surface area contributed by atoms with Crippen molar-refractivity contribution in [1.82, 2.24) is 14.9 Å². The minimum atomic E-state index is -3.47. The molecular formula is C20H30ClN3O3S. The zero-order valence-corrected chi connectivity index (χ0v) is 17.8. The summed E-state index contributed by atoms with van der Waals surface area (Å²) in [7, 11) is -3.47. The van der Waals surface area contributed by atoms with Crippen molar-refractivity contribution in [1.29, 1.82) is 0 Å². The summed E-state index contributed by atoms with van der Waals surface area (Å²) in [5.74, 6) is 0.0165. The topological polar surface area (TPSA) is 78.5 Å². The molecule has 3 aliphatic rings. The van der Waals surface area contributed by atoms with Gasteiger partial charge >= 0.3 is 0 Å². The number of benzene rings is 1. The second-order valence-corrected chi connectivity index (χ2v) is 9.93. The van der Waals surface area contributed by atoms with Crippen LogP contribution < -0.4 is 10.6 Å². The third-order valence-corrected chi connectivity index (χ3v) is 8.11. The van der Waals surface area contributed by atoms with Crippen LogP contribution in [0.1, 0.15) is 43.2 Å². The van der Waals surface area contributed by atoms with Crippen molar-refractivity contribution >= 4 is 28.3 Å². The van der Waals surface area contributed by atoms with E-state index in [1.165, 1.54) is 11.1 Å². The van der Waals surface area contributed by atoms with Crippen molar-refractivity contribution < 1.29 is 13.2 Å². The predicted octanol–water partition coefficient (Wildman–Crippen LogP) is 1.87. The van der Waals surface area contributed by atoms with Gasteiger partial charge in [0, 0.05) is 25.0 Å². The van der Waals surface area contributed by atoms with Crippen LogP contribution in [-0.4, -0.2) is 50.9 Å². The van der Waals surface area contributed by atoms with Crippen molar-refractivity contribution in [2.45, 2.75) is 55.9 Å². The van der Waals surface area contributed by atoms with E-state index < -0.39 is 10.0 Å². The van der Waals surface area contributed by atoms with Crippen LogP contribution in [-0.2, 0) is 27.7 Å². The maximum absolute atomic E-state index is 13.0. The molecule has 1 aliphatic carbocycles. The molecule has 1 aromatic rings. The first-order valence-electron chi connectivity index (χ1n) is 10.2. The van der Waals surface area contributed by atoms with Gasteiger partial charge in [0.15, 0.2) is 0 Å². The second kappa shape index (κ2) is 9.11. The lowest BCUT2D eigenvalue weighted by Crippen LogP contribution is -2.47. The van der Waals surface area contributed by atoms with Gasteiger partial charge < -0.3 is 10.6 Å². The largest absolute Gasteiger partial charge is 0.353 e. The van der Waals surface area contributed by atoms with E-state index in [4.69, 9.17) is 0 Å². The van der Waals surface area contributed by atoms with Gasteiger partial charge in [0.1, 0.15) is 0 Å². The molecule has 2 fully saturated rings. The molecule has 156 valence electrons. The van der Waals surface area contributed by atoms with E-state index >= 15 is 0 Å². The van der Waals surface area contributed by atoms with Crippen molar-refractivity contribution in [3.05, 3.63) is 29.3 Å². The fourth-order valence-electron chi connectivity index (χ4n) is 4.50. The molecule has 2 heterocycles. The lowest BCUT2D eigenvalue weighted by atomic mass is 9.96. The molecule has 4 rings (SSSR count). The Kier molecular flexibility index (Phi) is 7.02. The SMILES string of the molecule is Cl.O=C(NC1CCNCC1)C1CCN(S(=O)(=O)c2ccc3c(c2)CCC3)CC1. The number of aryl methyl sites for hydroxylation is 2. The van der Waals surface area contributed by atoms with Gasteiger partial charge in [0.05, 0.1) is 4.90 Å². The molecule has 0 spiro atoms. The highest BCUT2D eigenvalue weighted by Crippen LogP contribution is 2.28. The van der Waals surface area contributed by atoms with E-state index in [0.717, 1.165) is 45.2 Å². The molecule has 2 saturated heterocycles. The maximum atomic E-state index is 13.0. The van der Waals surface area contributed by atoms with Gasteiger partial charge in [-0.25, -0.2) is 8.42 Å². The van der Waals surface area contributed by atoms with E-state index in [1.807, 2.05) is 12.1 Å². The highest BCUT2D eigenvalue weighted by Gasteiger charge is 2.33. The Balaban J connectivity index is 0.00000225. The number of nitrogens with zero attached hydrogens (tertiary/aromatic N) is 1. The van der Waals surface area contributed by atoms with Crippen LogP contribution in [0, 0.1) is 5.92 Å². The van der Waals surface area contributed by atoms with Crippen molar-refractivity contribution in [2.75, 3.05) is 26.2 Å². The van der Waals surface area contributed by atoms with E-state index in [9.17, 15) is 13.2 Å². The fraction of sp³-hybridized carbons (Fsp3) is 0.650. The van der Waals surface area contributed by atoms with Gasteiger partial charge in [-0.3, -0.25) is 4.79 Å². The lowest BCUT2D eigenvalue weighted by Gasteiger charge is -2.32. The summed E-state index contributed by atoms with van der Waals surface area (Å²) in [5.41, 5.74) is 2.45. The Morgan fingerprint density at radius 1 is 1.04 bits per heavy atom. The van der Waals surface area contributed by atoms with Gasteiger partial charge in [0.25, 0.3) is 0 Å². The van der Waals surface area contributed by atoms with Crippen LogP contribution in [0.5, 0.6) is 0 Å². The Morgan fingerprint density at radius 3 is 2.43 bits per heavy atom. The minimum Gasteiger partial charge on any atom is -0.353 e. The molecule has 2 N–H and O–H groups in total. The standard InChI is InChI=1S/C20H29N3O3S.ClH/c24-20(22-18-6-10-21-11-7-18)16-8-12-23(13-9-16)27(25,26)19-5-4-15-2-1-3-17(15)14-19;/h4-5,14,16,18,21H,1-3,6-13H2,(H,22,24);1H. The summed E-state index contributed by atoms with van der Waals surface area (Å²) in [6.07, 6.45) is 6.26. The number of amides is 1. The average Bonchev–Trinajstić information content (AvgIpc) is 3.17. The monoisotopic (exact) mass is 427 g/mol. The normalized spacial score (nSPS) is 21.7. The third-order valence-electron chi connectivity index (χ3n) is 6.22. The number of hydrogen-bond acceptors (Lipinski definition) is 4. The molecule has 0 radical (unpaired) electrons. The molecule has 1 amide bonds. The van der Waals surface area contributed by atoms with Gasteiger partial charge in [-0.05, 0) is 81.3 Å². The summed E-state index contributed by atoms with van der Waals surface area (Å²) >= 11 is 0. The molecule has 8 heteroatoms. The molecule has 0 unspecified atom stereocenters. The van der Waals surface area contributed by atoms with E-state index in [-0.39, 0.29) is 30.3 Å². The average molecular weight is 428 g/mol. The number of carbonyl (C=O) groups is 1. The summed E-state index contributed by atoms with van der Waals surface area (Å²) < 4.78 is 27.6. The zero-order chi connectivity index (χ0) is 18.9. The number of piperidine rings is 2. The van der Waals surface area contributed by atoms with Crippen LogP contribution in [0.3, 0.4) is 0 Å². The molecular weight excluding hydrogens is 398 g/mol. The van der Waals surface area contributed by atoms with Crippen molar-refractivity contribution in [3.8, 4) is 0 Å². The van der Waals surface area contributed by atoms with Crippen LogP contribution >= 0.6 is 12.4 Å². The van der Waals surface area contributed by atoms with Gasteiger partial charge in [-0.15, -0.1) is 12.4 Å². The Bertz CT molecular complexity index is 801. The Labute approximate surface area is 173 Å². The van der Waals surface area contributed by atoms with Gasteiger partial charge in [-0.2, -0.15) is 4.31 Å². The van der Waals surface area contributed by atoms with Gasteiger partial charge in [0.2, 0.25) is 15.9 Å². The quantitative estimate of drug-likeness (QED) is 0.768. The second-order valence-electron chi connectivity index (χ2n) is 8.00. The first-order valence-corrected chi connectivity index (χ1v) is 11.6. The van der Waals surface area contributed by atoms with Crippen molar-refractivity contribution in [3.63, 3.8) is 0 Å². The van der Waals surface area contributed by atoms with Crippen LogP contribution in [0.2, 0.25) is 0 Å². The Morgan fingerprint density at radius 2 is 1.71 bits per heavy atom. The lowest BCUT2D eigenvalue weighted by molar-refractivity contribution is -0.127. The predicted molar refractivity (Wildman–Crippen MR) is 111 cm³/mol. The zero-order valence-electron chi connectivity index (χ0n) is 16.2. The number of carbonyl (C=O) groups excluding carboxylic acids is 1. The number of hydrogen-bond donors (Lipinski definition) is 2. The number of fused-ring (bicyclic) bond motifs is 1. The smallest absolute Gasteiger partial charge is 0.243 e. The molecule has 6 nitrogen and oxygen atoms in total. The molecule has 28 heavy (non-hydrogen) atoms. The van der Waals surface area contributed by atoms with E-state index in [2.05, 4.69) is 10.6 Å². The first kappa shape index (κ1) is 21.6. The Hall–Kier alpha value is -1.15. The van der Waals surface area contributed by atoms with E-state index in [1.54, 1.807) is 10.4 Å². The van der Waals surface area contributed by atoms with Gasteiger partial charge in [-0.1, -0.05) is 6.07 Å². The fourth-order valence-corrected chi connectivity index (χ4v) is 6.02. The molecule has 0 atom stereocenters. The molecule has 0 saturated carbocycles. The highest BCUT2D eigenvalue weighted by molar-refractivity contribution is 7.89. The number of rotatable bonds is 4. The molecule has 2 aliphatic heterocycles. The molecule has 1 aromatic carbocycles. The van der Waals surface area contributed by atoms with Crippen LogP contribution in [0.25, 0.3) is 0 Å². The van der Waals surface area contributed by atoms with Crippen molar-refractivity contribution in [2.24, 2.45) is 5.92 Å². The summed E-state index contributed by atoms with van der Waals surface area (Å²) in [5, 5.41) is 6.45. The maximum Gasteiger partial charge on any atom is 0.243 e. The number of halogens is 1. The first-order chi connectivity index (χ1) is 13.0. The van der Waals surface area contributed by atoms with E-state index in [0.29, 0.717) is 30.8 Å². The summed E-state index contributed by atoms with van der Waals surface area (Å²) in [6, 6.07) is 5.82. The summed E-state index contributed by atoms with van der Waals surface area (Å²) in [4.78, 5) is 12.9. The van der Waals surface area contributed by atoms with Crippen LogP contribution in [0.4, 0.5) is 0 Å². The minimum absolute atomic E-state index is 0. The highest BCUT2D eigenvalue weighted by atomic mass is 35.5. The number of sulfonamides is 1. The molecule has 0 aromatic heterocycles. The summed E-state index contributed by atoms with van der Waals surface area (Å²) in [6.45, 7) is 2.73. The third kappa shape index (κ3) is 4.53. The number of nitrogens with one attached hydrogen (secondary N) is 2.